The molecule has 0 amide bonds. The van der Waals surface area contributed by atoms with Gasteiger partial charge in [0.2, 0.25) is 0 Å². The van der Waals surface area contributed by atoms with Crippen molar-refractivity contribution < 1.29 is 4.74 Å². The first-order valence-electron chi connectivity index (χ1n) is 4.70. The summed E-state index contributed by atoms with van der Waals surface area (Å²) in [5.74, 6) is 1.82. The van der Waals surface area contributed by atoms with E-state index in [0.29, 0.717) is 0 Å². The normalized spacial score (nSPS) is 17.2. The summed E-state index contributed by atoms with van der Waals surface area (Å²) in [6, 6.07) is 0. The molecule has 0 aliphatic heterocycles. The zero-order valence-electron chi connectivity index (χ0n) is 7.83. The minimum Gasteiger partial charge on any atom is -0.380 e. The molecule has 0 unspecified atom stereocenters. The van der Waals surface area contributed by atoms with Crippen LogP contribution in [-0.2, 0) is 4.74 Å². The molecule has 12 heavy (non-hydrogen) atoms. The van der Waals surface area contributed by atoms with Crippen molar-refractivity contribution in [3.05, 3.63) is 0 Å². The molecule has 72 valence electrons. The molecule has 0 aromatic carbocycles. The van der Waals surface area contributed by atoms with Crippen molar-refractivity contribution in [3.8, 4) is 0 Å². The molecule has 0 radical (unpaired) electrons. The predicted octanol–water partition coefficient (Wildman–Crippen LogP) is 1.27. The summed E-state index contributed by atoms with van der Waals surface area (Å²) in [5, 5.41) is 0. The van der Waals surface area contributed by atoms with Crippen molar-refractivity contribution in [2.24, 2.45) is 5.92 Å². The van der Waals surface area contributed by atoms with Crippen molar-refractivity contribution in [1.82, 2.24) is 4.90 Å². The number of hydrogen-bond acceptors (Lipinski definition) is 3. The van der Waals surface area contributed by atoms with Gasteiger partial charge in [-0.1, -0.05) is 0 Å². The summed E-state index contributed by atoms with van der Waals surface area (Å²) >= 11 is 4.17. The number of hydrogen-bond donors (Lipinski definition) is 1. The van der Waals surface area contributed by atoms with Crippen LogP contribution in [0.3, 0.4) is 0 Å². The summed E-state index contributed by atoms with van der Waals surface area (Å²) in [4.78, 5) is 2.25. The van der Waals surface area contributed by atoms with Crippen molar-refractivity contribution in [2.45, 2.75) is 12.8 Å². The summed E-state index contributed by atoms with van der Waals surface area (Å²) < 4.78 is 5.51. The molecule has 1 rings (SSSR count). The third-order valence-corrected chi connectivity index (χ3v) is 2.35. The molecule has 0 N–H and O–H groups in total. The van der Waals surface area contributed by atoms with Crippen LogP contribution in [0.25, 0.3) is 0 Å². The second kappa shape index (κ2) is 5.84. The van der Waals surface area contributed by atoms with Crippen LogP contribution in [-0.4, -0.2) is 44.0 Å². The topological polar surface area (TPSA) is 12.5 Å². The van der Waals surface area contributed by atoms with Gasteiger partial charge in [-0.05, 0) is 25.8 Å². The second-order valence-electron chi connectivity index (χ2n) is 3.55. The standard InChI is InChI=1S/C9H19NOS/c1-10(5-7-12)4-6-11-8-9-2-3-9/h9,12H,2-8H2,1H3. The van der Waals surface area contributed by atoms with Crippen LogP contribution in [0.2, 0.25) is 0 Å². The number of thiol groups is 1. The Morgan fingerprint density at radius 1 is 1.42 bits per heavy atom. The van der Waals surface area contributed by atoms with Gasteiger partial charge in [0.1, 0.15) is 0 Å². The molecule has 0 heterocycles. The van der Waals surface area contributed by atoms with E-state index in [2.05, 4.69) is 24.6 Å². The number of rotatable bonds is 7. The van der Waals surface area contributed by atoms with Gasteiger partial charge < -0.3 is 9.64 Å². The summed E-state index contributed by atoms with van der Waals surface area (Å²) in [7, 11) is 2.11. The molecule has 3 heteroatoms. The number of likely N-dealkylation sites (N-methyl/N-ethyl adjacent to an activating group) is 1. The SMILES string of the molecule is CN(CCS)CCOCC1CC1. The van der Waals surface area contributed by atoms with E-state index in [1.54, 1.807) is 0 Å². The largest absolute Gasteiger partial charge is 0.380 e. The summed E-state index contributed by atoms with van der Waals surface area (Å²) in [6.07, 6.45) is 2.76. The van der Waals surface area contributed by atoms with E-state index in [4.69, 9.17) is 4.74 Å². The lowest BCUT2D eigenvalue weighted by Gasteiger charge is -2.14. The fourth-order valence-corrected chi connectivity index (χ4v) is 1.38. The average molecular weight is 189 g/mol. The maximum absolute atomic E-state index is 5.51. The van der Waals surface area contributed by atoms with Crippen molar-refractivity contribution >= 4 is 12.6 Å². The number of nitrogens with zero attached hydrogens (tertiary/aromatic N) is 1. The van der Waals surface area contributed by atoms with Gasteiger partial charge in [-0.3, -0.25) is 0 Å². The Labute approximate surface area is 80.7 Å². The third-order valence-electron chi connectivity index (χ3n) is 2.15. The summed E-state index contributed by atoms with van der Waals surface area (Å²) in [5.41, 5.74) is 0. The van der Waals surface area contributed by atoms with E-state index >= 15 is 0 Å². The highest BCUT2D eigenvalue weighted by Gasteiger charge is 2.20. The van der Waals surface area contributed by atoms with Crippen LogP contribution in [0.4, 0.5) is 0 Å². The Morgan fingerprint density at radius 2 is 2.17 bits per heavy atom. The maximum Gasteiger partial charge on any atom is 0.0593 e. The van der Waals surface area contributed by atoms with Crippen LogP contribution >= 0.6 is 12.6 Å². The zero-order chi connectivity index (χ0) is 8.81. The minimum absolute atomic E-state index is 0.876. The van der Waals surface area contributed by atoms with Gasteiger partial charge in [-0.25, -0.2) is 0 Å². The Hall–Kier alpha value is 0.270. The van der Waals surface area contributed by atoms with Crippen molar-refractivity contribution in [3.63, 3.8) is 0 Å². The van der Waals surface area contributed by atoms with E-state index in [9.17, 15) is 0 Å². The van der Waals surface area contributed by atoms with Gasteiger partial charge in [0.15, 0.2) is 0 Å². The maximum atomic E-state index is 5.51. The van der Waals surface area contributed by atoms with E-state index in [1.807, 2.05) is 0 Å². The fourth-order valence-electron chi connectivity index (χ4n) is 1.04. The highest BCUT2D eigenvalue weighted by Crippen LogP contribution is 2.28. The number of ether oxygens (including phenoxy) is 1. The van der Waals surface area contributed by atoms with Crippen LogP contribution in [0, 0.1) is 5.92 Å². The van der Waals surface area contributed by atoms with Gasteiger partial charge in [0, 0.05) is 25.4 Å². The Balaban J connectivity index is 1.80. The predicted molar refractivity (Wildman–Crippen MR) is 54.9 cm³/mol. The molecule has 0 aromatic heterocycles. The van der Waals surface area contributed by atoms with Crippen LogP contribution in [0.15, 0.2) is 0 Å². The fraction of sp³-hybridized carbons (Fsp3) is 1.00. The first-order valence-corrected chi connectivity index (χ1v) is 5.33. The van der Waals surface area contributed by atoms with E-state index in [0.717, 1.165) is 38.0 Å². The minimum atomic E-state index is 0.876. The van der Waals surface area contributed by atoms with Gasteiger partial charge in [-0.15, -0.1) is 0 Å². The average Bonchev–Trinajstić information content (AvgIpc) is 2.82. The molecule has 1 aliphatic carbocycles. The molecule has 0 bridgehead atoms. The van der Waals surface area contributed by atoms with Gasteiger partial charge in [0.25, 0.3) is 0 Å². The van der Waals surface area contributed by atoms with E-state index in [-0.39, 0.29) is 0 Å². The quantitative estimate of drug-likeness (QED) is 0.478. The zero-order valence-corrected chi connectivity index (χ0v) is 8.72. The monoisotopic (exact) mass is 189 g/mol. The lowest BCUT2D eigenvalue weighted by molar-refractivity contribution is 0.105. The molecule has 2 nitrogen and oxygen atoms in total. The molecule has 1 fully saturated rings. The highest BCUT2D eigenvalue weighted by molar-refractivity contribution is 7.80. The first-order chi connectivity index (χ1) is 5.83. The molecule has 0 saturated heterocycles. The molecule has 1 aliphatic rings. The van der Waals surface area contributed by atoms with Crippen LogP contribution in [0.1, 0.15) is 12.8 Å². The molecular formula is C9H19NOS. The van der Waals surface area contributed by atoms with Crippen LogP contribution in [0.5, 0.6) is 0 Å². The second-order valence-corrected chi connectivity index (χ2v) is 3.99. The third kappa shape index (κ3) is 5.01. The van der Waals surface area contributed by atoms with E-state index < -0.39 is 0 Å². The smallest absolute Gasteiger partial charge is 0.0593 e. The Morgan fingerprint density at radius 3 is 2.75 bits per heavy atom. The van der Waals surface area contributed by atoms with Gasteiger partial charge >= 0.3 is 0 Å². The first kappa shape index (κ1) is 10.4. The molecule has 1 saturated carbocycles. The van der Waals surface area contributed by atoms with E-state index in [1.165, 1.54) is 12.8 Å². The molecule has 0 atom stereocenters. The highest BCUT2D eigenvalue weighted by atomic mass is 32.1. The van der Waals surface area contributed by atoms with Crippen molar-refractivity contribution in [2.75, 3.05) is 39.1 Å². The molecular weight excluding hydrogens is 170 g/mol. The van der Waals surface area contributed by atoms with Crippen LogP contribution < -0.4 is 0 Å². The Bertz CT molecular complexity index is 117. The Kier molecular flexibility index (Phi) is 5.04. The van der Waals surface area contributed by atoms with Gasteiger partial charge in [0.05, 0.1) is 6.61 Å². The van der Waals surface area contributed by atoms with Crippen molar-refractivity contribution in [1.29, 1.82) is 0 Å². The lowest BCUT2D eigenvalue weighted by Crippen LogP contribution is -2.25. The summed E-state index contributed by atoms with van der Waals surface area (Å²) in [6.45, 7) is 3.94. The molecule has 0 aromatic rings. The lowest BCUT2D eigenvalue weighted by atomic mass is 10.5. The molecule has 0 spiro atoms. The van der Waals surface area contributed by atoms with Gasteiger partial charge in [-0.2, -0.15) is 12.6 Å².